The van der Waals surface area contributed by atoms with Gasteiger partial charge < -0.3 is 10.6 Å². The van der Waals surface area contributed by atoms with Crippen molar-refractivity contribution in [3.63, 3.8) is 0 Å². The quantitative estimate of drug-likeness (QED) is 0.737. The van der Waals surface area contributed by atoms with Crippen LogP contribution in [0.2, 0.25) is 0 Å². The lowest BCUT2D eigenvalue weighted by Gasteiger charge is -2.23. The molecule has 1 aliphatic rings. The minimum absolute atomic E-state index is 0.311. The van der Waals surface area contributed by atoms with Gasteiger partial charge in [0.1, 0.15) is 0 Å². The molecule has 0 aliphatic carbocycles. The van der Waals surface area contributed by atoms with Crippen LogP contribution in [0.25, 0.3) is 0 Å². The Bertz CT molecular complexity index is 157. The van der Waals surface area contributed by atoms with Crippen LogP contribution >= 0.6 is 11.8 Å². The van der Waals surface area contributed by atoms with Crippen molar-refractivity contribution in [3.8, 4) is 0 Å². The molecule has 0 saturated carbocycles. The third-order valence-corrected chi connectivity index (χ3v) is 3.85. The second-order valence-electron chi connectivity index (χ2n) is 4.64. The molecular formula is C10H22N2S. The third kappa shape index (κ3) is 4.34. The first-order valence-corrected chi connectivity index (χ1v) is 6.10. The van der Waals surface area contributed by atoms with Crippen molar-refractivity contribution in [2.24, 2.45) is 5.73 Å². The van der Waals surface area contributed by atoms with Crippen LogP contribution < -0.4 is 5.73 Å². The maximum atomic E-state index is 5.79. The summed E-state index contributed by atoms with van der Waals surface area (Å²) in [5.74, 6) is 1.25. The van der Waals surface area contributed by atoms with Crippen LogP contribution in [-0.2, 0) is 0 Å². The highest BCUT2D eigenvalue weighted by atomic mass is 32.2. The van der Waals surface area contributed by atoms with Crippen molar-refractivity contribution in [3.05, 3.63) is 0 Å². The molecule has 3 heteroatoms. The summed E-state index contributed by atoms with van der Waals surface area (Å²) in [7, 11) is 0. The number of nitrogens with two attached hydrogens (primary N) is 1. The molecule has 1 atom stereocenters. The van der Waals surface area contributed by atoms with Crippen molar-refractivity contribution in [2.75, 3.05) is 25.4 Å². The van der Waals surface area contributed by atoms with Crippen LogP contribution in [0.5, 0.6) is 0 Å². The van der Waals surface area contributed by atoms with E-state index in [2.05, 4.69) is 37.4 Å². The van der Waals surface area contributed by atoms with E-state index >= 15 is 0 Å². The summed E-state index contributed by atoms with van der Waals surface area (Å²) in [6.45, 7) is 10.2. The summed E-state index contributed by atoms with van der Waals surface area (Å²) in [5.41, 5.74) is 5.79. The number of nitrogens with zero attached hydrogens (tertiary/aromatic N) is 1. The summed E-state index contributed by atoms with van der Waals surface area (Å²) < 4.78 is 0.465. The van der Waals surface area contributed by atoms with Gasteiger partial charge in [-0.15, -0.1) is 0 Å². The number of rotatable bonds is 2. The molecule has 0 radical (unpaired) electrons. The Balaban J connectivity index is 2.36. The zero-order valence-electron chi connectivity index (χ0n) is 9.05. The first-order chi connectivity index (χ1) is 5.99. The normalized spacial score (nSPS) is 26.8. The largest absolute Gasteiger partial charge is 0.327 e. The van der Waals surface area contributed by atoms with Gasteiger partial charge in [-0.2, -0.15) is 11.8 Å². The molecule has 1 fully saturated rings. The third-order valence-electron chi connectivity index (χ3n) is 2.48. The van der Waals surface area contributed by atoms with Gasteiger partial charge in [-0.25, -0.2) is 0 Å². The van der Waals surface area contributed by atoms with Crippen LogP contribution in [0.15, 0.2) is 0 Å². The molecule has 0 aromatic heterocycles. The predicted octanol–water partition coefficient (Wildman–Crippen LogP) is 1.55. The van der Waals surface area contributed by atoms with E-state index in [9.17, 15) is 0 Å². The van der Waals surface area contributed by atoms with Gasteiger partial charge in [0.2, 0.25) is 0 Å². The Morgan fingerprint density at radius 1 is 1.46 bits per heavy atom. The van der Waals surface area contributed by atoms with Crippen molar-refractivity contribution in [1.29, 1.82) is 0 Å². The molecule has 13 heavy (non-hydrogen) atoms. The second kappa shape index (κ2) is 4.67. The Kier molecular flexibility index (Phi) is 4.07. The zero-order chi connectivity index (χ0) is 9.90. The summed E-state index contributed by atoms with van der Waals surface area (Å²) in [6, 6.07) is 0.311. The molecule has 78 valence electrons. The summed E-state index contributed by atoms with van der Waals surface area (Å²) in [6.07, 6.45) is 1.28. The molecule has 0 amide bonds. The molecule has 1 heterocycles. The lowest BCUT2D eigenvalue weighted by atomic mass is 10.1. The molecule has 0 spiro atoms. The van der Waals surface area contributed by atoms with E-state index in [4.69, 9.17) is 5.73 Å². The van der Waals surface area contributed by atoms with Crippen LogP contribution in [0.1, 0.15) is 27.2 Å². The van der Waals surface area contributed by atoms with E-state index in [0.29, 0.717) is 10.8 Å². The van der Waals surface area contributed by atoms with Crippen LogP contribution in [-0.4, -0.2) is 41.1 Å². The molecular weight excluding hydrogens is 180 g/mol. The minimum atomic E-state index is 0.311. The van der Waals surface area contributed by atoms with Crippen molar-refractivity contribution in [1.82, 2.24) is 4.90 Å². The topological polar surface area (TPSA) is 29.3 Å². The zero-order valence-corrected chi connectivity index (χ0v) is 9.86. The van der Waals surface area contributed by atoms with Crippen molar-refractivity contribution >= 4 is 11.8 Å². The Labute approximate surface area is 86.2 Å². The van der Waals surface area contributed by atoms with E-state index in [-0.39, 0.29) is 0 Å². The summed E-state index contributed by atoms with van der Waals surface area (Å²) in [5, 5.41) is 0. The Hall–Kier alpha value is 0.270. The molecule has 0 bridgehead atoms. The van der Waals surface area contributed by atoms with Gasteiger partial charge in [0.25, 0.3) is 0 Å². The first-order valence-electron chi connectivity index (χ1n) is 5.11. The highest BCUT2D eigenvalue weighted by Gasteiger charge is 2.23. The number of hydrogen-bond donors (Lipinski definition) is 1. The lowest BCUT2D eigenvalue weighted by molar-refractivity contribution is 0.271. The van der Waals surface area contributed by atoms with Crippen LogP contribution in [0.3, 0.4) is 0 Å². The van der Waals surface area contributed by atoms with Crippen LogP contribution in [0, 0.1) is 0 Å². The van der Waals surface area contributed by atoms with Crippen LogP contribution in [0.4, 0.5) is 0 Å². The van der Waals surface area contributed by atoms with Gasteiger partial charge in [-0.05, 0) is 19.9 Å². The van der Waals surface area contributed by atoms with E-state index in [1.165, 1.54) is 25.3 Å². The highest BCUT2D eigenvalue weighted by molar-refractivity contribution is 8.00. The molecule has 0 unspecified atom stereocenters. The van der Waals surface area contributed by atoms with E-state index in [1.54, 1.807) is 0 Å². The van der Waals surface area contributed by atoms with Gasteiger partial charge >= 0.3 is 0 Å². The van der Waals surface area contributed by atoms with E-state index in [0.717, 1.165) is 6.54 Å². The average molecular weight is 202 g/mol. The van der Waals surface area contributed by atoms with Crippen molar-refractivity contribution < 1.29 is 0 Å². The van der Waals surface area contributed by atoms with Crippen molar-refractivity contribution in [2.45, 2.75) is 38.0 Å². The van der Waals surface area contributed by atoms with Gasteiger partial charge in [0, 0.05) is 29.6 Å². The molecule has 0 aromatic rings. The molecule has 1 rings (SSSR count). The number of thioether (sulfide) groups is 1. The monoisotopic (exact) mass is 202 g/mol. The molecule has 1 aliphatic heterocycles. The molecule has 2 N–H and O–H groups in total. The lowest BCUT2D eigenvalue weighted by Crippen LogP contribution is -2.37. The Morgan fingerprint density at radius 2 is 2.15 bits per heavy atom. The maximum Gasteiger partial charge on any atom is 0.0139 e. The average Bonchev–Trinajstić information content (AvgIpc) is 2.12. The summed E-state index contributed by atoms with van der Waals surface area (Å²) >= 11 is 2.09. The highest BCUT2D eigenvalue weighted by Crippen LogP contribution is 2.30. The van der Waals surface area contributed by atoms with E-state index in [1.807, 2.05) is 0 Å². The van der Waals surface area contributed by atoms with E-state index < -0.39 is 0 Å². The van der Waals surface area contributed by atoms with Gasteiger partial charge in [-0.1, -0.05) is 13.8 Å². The van der Waals surface area contributed by atoms with Gasteiger partial charge in [0.15, 0.2) is 0 Å². The predicted molar refractivity (Wildman–Crippen MR) is 61.2 cm³/mol. The van der Waals surface area contributed by atoms with Gasteiger partial charge in [-0.3, -0.25) is 0 Å². The fourth-order valence-corrected chi connectivity index (χ4v) is 2.79. The maximum absolute atomic E-state index is 5.79. The van der Waals surface area contributed by atoms with Gasteiger partial charge in [0.05, 0.1) is 0 Å². The smallest absolute Gasteiger partial charge is 0.0139 e. The second-order valence-corrected chi connectivity index (χ2v) is 6.44. The molecule has 0 aromatic carbocycles. The fourth-order valence-electron chi connectivity index (χ4n) is 1.65. The SMILES string of the molecule is C[C@@H](N)CN1CCSC(C)(C)CC1. The standard InChI is InChI=1S/C10H22N2S/c1-9(11)8-12-5-4-10(2,3)13-7-6-12/h9H,4-8,11H2,1-3H3/t9-/m1/s1. The molecule has 1 saturated heterocycles. The first kappa shape index (κ1) is 11.3. The summed E-state index contributed by atoms with van der Waals surface area (Å²) in [4.78, 5) is 2.49. The Morgan fingerprint density at radius 3 is 2.77 bits per heavy atom. The minimum Gasteiger partial charge on any atom is -0.327 e. The molecule has 2 nitrogen and oxygen atoms in total. The fraction of sp³-hybridized carbons (Fsp3) is 1.00. The number of hydrogen-bond acceptors (Lipinski definition) is 3.